The predicted molar refractivity (Wildman–Crippen MR) is 51.4 cm³/mol. The molecule has 0 saturated carbocycles. The van der Waals surface area contributed by atoms with Gasteiger partial charge in [0, 0.05) is 12.7 Å². The average Bonchev–Trinajstić information content (AvgIpc) is 2.20. The summed E-state index contributed by atoms with van der Waals surface area (Å²) in [7, 11) is 0. The van der Waals surface area contributed by atoms with Crippen LogP contribution >= 0.6 is 11.6 Å². The normalized spacial score (nSPS) is 10.4. The van der Waals surface area contributed by atoms with Crippen molar-refractivity contribution < 1.29 is 8.78 Å². The van der Waals surface area contributed by atoms with Gasteiger partial charge in [-0.25, -0.2) is 8.78 Å². The first-order chi connectivity index (χ1) is 7.11. The maximum absolute atomic E-state index is 12.4. The van der Waals surface area contributed by atoms with E-state index in [2.05, 4.69) is 4.98 Å². The van der Waals surface area contributed by atoms with Crippen LogP contribution in [0.2, 0.25) is 5.02 Å². The molecule has 80 valence electrons. The Morgan fingerprint density at radius 2 is 2.27 bits per heavy atom. The van der Waals surface area contributed by atoms with Gasteiger partial charge < -0.3 is 5.73 Å². The van der Waals surface area contributed by atoms with E-state index in [4.69, 9.17) is 22.6 Å². The van der Waals surface area contributed by atoms with Gasteiger partial charge in [0.15, 0.2) is 0 Å². The molecule has 1 aromatic heterocycles. The number of rotatable bonds is 3. The van der Waals surface area contributed by atoms with Crippen molar-refractivity contribution in [1.82, 2.24) is 4.98 Å². The molecular weight excluding hydrogens is 224 g/mol. The predicted octanol–water partition coefficient (Wildman–Crippen LogP) is 2.20. The number of alkyl halides is 2. The van der Waals surface area contributed by atoms with Crippen LogP contribution in [-0.2, 0) is 13.0 Å². The monoisotopic (exact) mass is 231 g/mol. The molecule has 0 atom stereocenters. The minimum absolute atomic E-state index is 0.0480. The van der Waals surface area contributed by atoms with Crippen LogP contribution in [0.25, 0.3) is 0 Å². The van der Waals surface area contributed by atoms with Gasteiger partial charge in [0.05, 0.1) is 17.5 Å². The largest absolute Gasteiger partial charge is 0.326 e. The molecule has 6 heteroatoms. The minimum Gasteiger partial charge on any atom is -0.326 e. The number of nitrogens with zero attached hydrogens (tertiary/aromatic N) is 2. The van der Waals surface area contributed by atoms with E-state index in [0.717, 1.165) is 0 Å². The first kappa shape index (κ1) is 11.8. The van der Waals surface area contributed by atoms with Gasteiger partial charge in [-0.2, -0.15) is 5.26 Å². The Hall–Kier alpha value is -1.25. The van der Waals surface area contributed by atoms with E-state index < -0.39 is 12.1 Å². The number of halogens is 3. The van der Waals surface area contributed by atoms with Crippen LogP contribution in [0.3, 0.4) is 0 Å². The molecule has 3 nitrogen and oxygen atoms in total. The Kier molecular flexibility index (Phi) is 3.95. The molecule has 0 radical (unpaired) electrons. The zero-order valence-corrected chi connectivity index (χ0v) is 8.43. The minimum atomic E-state index is -2.75. The highest BCUT2D eigenvalue weighted by Gasteiger charge is 2.18. The molecule has 2 N–H and O–H groups in total. The van der Waals surface area contributed by atoms with Crippen molar-refractivity contribution in [3.05, 3.63) is 28.0 Å². The second kappa shape index (κ2) is 5.01. The summed E-state index contributed by atoms with van der Waals surface area (Å²) < 4.78 is 24.8. The quantitative estimate of drug-likeness (QED) is 0.867. The smallest absolute Gasteiger partial charge is 0.281 e. The van der Waals surface area contributed by atoms with E-state index in [0.29, 0.717) is 11.1 Å². The Morgan fingerprint density at radius 1 is 1.60 bits per heavy atom. The summed E-state index contributed by atoms with van der Waals surface area (Å²) in [5.74, 6) is 0. The number of hydrogen-bond donors (Lipinski definition) is 1. The summed E-state index contributed by atoms with van der Waals surface area (Å²) in [4.78, 5) is 3.52. The highest BCUT2D eigenvalue weighted by molar-refractivity contribution is 6.32. The van der Waals surface area contributed by atoms with Gasteiger partial charge in [0.1, 0.15) is 5.69 Å². The molecule has 0 aliphatic heterocycles. The first-order valence-corrected chi connectivity index (χ1v) is 4.51. The maximum atomic E-state index is 12.4. The third-order valence-corrected chi connectivity index (χ3v) is 2.34. The lowest BCUT2D eigenvalue weighted by Gasteiger charge is -2.09. The van der Waals surface area contributed by atoms with Gasteiger partial charge in [0.25, 0.3) is 6.43 Å². The van der Waals surface area contributed by atoms with Crippen LogP contribution < -0.4 is 5.73 Å². The third-order valence-electron chi connectivity index (χ3n) is 1.92. The van der Waals surface area contributed by atoms with E-state index in [-0.39, 0.29) is 18.0 Å². The number of pyridine rings is 1. The molecular formula is C9H8ClF2N3. The number of nitrogens with two attached hydrogens (primary N) is 1. The molecule has 0 bridgehead atoms. The molecule has 0 aromatic carbocycles. The average molecular weight is 232 g/mol. The highest BCUT2D eigenvalue weighted by Crippen LogP contribution is 2.29. The van der Waals surface area contributed by atoms with E-state index in [1.807, 2.05) is 6.07 Å². The Bertz CT molecular complexity index is 401. The lowest BCUT2D eigenvalue weighted by Crippen LogP contribution is -2.06. The highest BCUT2D eigenvalue weighted by atomic mass is 35.5. The molecule has 1 aromatic rings. The zero-order valence-electron chi connectivity index (χ0n) is 7.67. The number of aromatic nitrogens is 1. The molecule has 0 saturated heterocycles. The van der Waals surface area contributed by atoms with Gasteiger partial charge in [0.2, 0.25) is 0 Å². The van der Waals surface area contributed by atoms with Crippen LogP contribution in [0.15, 0.2) is 6.20 Å². The van der Waals surface area contributed by atoms with Gasteiger partial charge in [-0.05, 0) is 11.1 Å². The molecule has 0 amide bonds. The fraction of sp³-hybridized carbons (Fsp3) is 0.333. The van der Waals surface area contributed by atoms with Crippen LogP contribution in [0.1, 0.15) is 23.2 Å². The third kappa shape index (κ3) is 2.41. The Balaban J connectivity index is 3.30. The van der Waals surface area contributed by atoms with Crippen LogP contribution in [0.4, 0.5) is 8.78 Å². The summed E-state index contributed by atoms with van der Waals surface area (Å²) in [5, 5.41) is 8.38. The van der Waals surface area contributed by atoms with E-state index >= 15 is 0 Å². The lowest BCUT2D eigenvalue weighted by molar-refractivity contribution is 0.146. The molecule has 0 aliphatic rings. The van der Waals surface area contributed by atoms with Crippen molar-refractivity contribution in [2.45, 2.75) is 19.4 Å². The van der Waals surface area contributed by atoms with Gasteiger partial charge in [-0.15, -0.1) is 0 Å². The fourth-order valence-corrected chi connectivity index (χ4v) is 1.50. The van der Waals surface area contributed by atoms with Crippen molar-refractivity contribution in [3.63, 3.8) is 0 Å². The van der Waals surface area contributed by atoms with Crippen LogP contribution in [-0.4, -0.2) is 4.98 Å². The van der Waals surface area contributed by atoms with E-state index in [1.54, 1.807) is 0 Å². The summed E-state index contributed by atoms with van der Waals surface area (Å²) in [6.07, 6.45) is -1.56. The second-order valence-corrected chi connectivity index (χ2v) is 3.18. The van der Waals surface area contributed by atoms with Gasteiger partial charge in [-0.1, -0.05) is 11.6 Å². The summed E-state index contributed by atoms with van der Waals surface area (Å²) in [6, 6.07) is 1.85. The first-order valence-electron chi connectivity index (χ1n) is 4.13. The van der Waals surface area contributed by atoms with Gasteiger partial charge >= 0.3 is 0 Å². The standard InChI is InChI=1S/C9H8ClF2N3/c10-7-6(1-2-13)5(3-14)4-15-8(7)9(11)12/h4,9H,1,3,14H2. The summed E-state index contributed by atoms with van der Waals surface area (Å²) in [6.45, 7) is 0.118. The van der Waals surface area contributed by atoms with Crippen molar-refractivity contribution >= 4 is 11.6 Å². The second-order valence-electron chi connectivity index (χ2n) is 2.80. The Morgan fingerprint density at radius 3 is 2.73 bits per heavy atom. The fourth-order valence-electron chi connectivity index (χ4n) is 1.18. The number of hydrogen-bond acceptors (Lipinski definition) is 3. The molecule has 0 aliphatic carbocycles. The van der Waals surface area contributed by atoms with E-state index in [9.17, 15) is 8.78 Å². The van der Waals surface area contributed by atoms with Crippen LogP contribution in [0, 0.1) is 11.3 Å². The van der Waals surface area contributed by atoms with Crippen molar-refractivity contribution in [2.24, 2.45) is 5.73 Å². The molecule has 0 spiro atoms. The van der Waals surface area contributed by atoms with E-state index in [1.165, 1.54) is 6.20 Å². The topological polar surface area (TPSA) is 62.7 Å². The molecule has 1 rings (SSSR count). The van der Waals surface area contributed by atoms with Crippen LogP contribution in [0.5, 0.6) is 0 Å². The summed E-state index contributed by atoms with van der Waals surface area (Å²) >= 11 is 5.72. The SMILES string of the molecule is N#CCc1c(CN)cnc(C(F)F)c1Cl. The van der Waals surface area contributed by atoms with Crippen molar-refractivity contribution in [2.75, 3.05) is 0 Å². The molecule has 1 heterocycles. The maximum Gasteiger partial charge on any atom is 0.281 e. The lowest BCUT2D eigenvalue weighted by atomic mass is 10.1. The van der Waals surface area contributed by atoms with Crippen molar-refractivity contribution in [3.8, 4) is 6.07 Å². The number of nitriles is 1. The molecule has 15 heavy (non-hydrogen) atoms. The molecule has 0 unspecified atom stereocenters. The summed E-state index contributed by atoms with van der Waals surface area (Å²) in [5.41, 5.74) is 5.74. The Labute approximate surface area is 90.5 Å². The molecule has 0 fully saturated rings. The van der Waals surface area contributed by atoms with Gasteiger partial charge in [-0.3, -0.25) is 4.98 Å². The zero-order chi connectivity index (χ0) is 11.4. The van der Waals surface area contributed by atoms with Crippen molar-refractivity contribution in [1.29, 1.82) is 5.26 Å².